The summed E-state index contributed by atoms with van der Waals surface area (Å²) in [5, 5.41) is 7.12. The van der Waals surface area contributed by atoms with E-state index < -0.39 is 0 Å². The van der Waals surface area contributed by atoms with Gasteiger partial charge in [-0.25, -0.2) is 0 Å². The van der Waals surface area contributed by atoms with Crippen molar-refractivity contribution in [1.82, 2.24) is 20.0 Å². The Bertz CT molecular complexity index is 405. The predicted octanol–water partition coefficient (Wildman–Crippen LogP) is -0.362. The molecular formula is C12H20N4O2. The van der Waals surface area contributed by atoms with Crippen molar-refractivity contribution in [3.8, 4) is 0 Å². The molecule has 1 aliphatic heterocycles. The maximum Gasteiger partial charge on any atom is 0.236 e. The number of ether oxygens (including phenoxy) is 1. The molecule has 1 aromatic rings. The van der Waals surface area contributed by atoms with Gasteiger partial charge in [0.1, 0.15) is 0 Å². The topological polar surface area (TPSA) is 59.4 Å². The van der Waals surface area contributed by atoms with Crippen LogP contribution in [0.15, 0.2) is 12.4 Å². The van der Waals surface area contributed by atoms with Crippen molar-refractivity contribution >= 4 is 5.91 Å². The minimum Gasteiger partial charge on any atom is -0.373 e. The highest BCUT2D eigenvalue weighted by molar-refractivity contribution is 5.78. The molecule has 0 aliphatic carbocycles. The van der Waals surface area contributed by atoms with Gasteiger partial charge in [-0.1, -0.05) is 0 Å². The molecular weight excluding hydrogens is 232 g/mol. The number of carbonyl (C=O) groups is 1. The van der Waals surface area contributed by atoms with E-state index in [1.807, 2.05) is 28.9 Å². The molecule has 1 fully saturated rings. The first kappa shape index (κ1) is 13.0. The van der Waals surface area contributed by atoms with E-state index in [-0.39, 0.29) is 12.0 Å². The molecule has 6 nitrogen and oxygen atoms in total. The van der Waals surface area contributed by atoms with Gasteiger partial charge in [0, 0.05) is 19.3 Å². The Morgan fingerprint density at radius 2 is 2.50 bits per heavy atom. The first-order valence-corrected chi connectivity index (χ1v) is 6.22. The maximum atomic E-state index is 11.8. The molecule has 0 saturated carbocycles. The number of morpholine rings is 1. The number of aryl methyl sites for hydroxylation is 1. The third-order valence-corrected chi connectivity index (χ3v) is 2.97. The number of hydrogen-bond donors (Lipinski definition) is 1. The fourth-order valence-electron chi connectivity index (χ4n) is 2.09. The molecule has 0 radical (unpaired) electrons. The molecule has 1 amide bonds. The lowest BCUT2D eigenvalue weighted by atomic mass is 10.2. The summed E-state index contributed by atoms with van der Waals surface area (Å²) in [5.41, 5.74) is 1.13. The van der Waals surface area contributed by atoms with Gasteiger partial charge in [-0.3, -0.25) is 9.48 Å². The molecule has 0 bridgehead atoms. The minimum absolute atomic E-state index is 0.0267. The number of likely N-dealkylation sites (N-methyl/N-ethyl adjacent to an activating group) is 1. The fraction of sp³-hybridized carbons (Fsp3) is 0.667. The van der Waals surface area contributed by atoms with Gasteiger partial charge in [-0.15, -0.1) is 0 Å². The highest BCUT2D eigenvalue weighted by Gasteiger charge is 2.24. The summed E-state index contributed by atoms with van der Waals surface area (Å²) in [5.74, 6) is 0.127. The molecule has 1 N–H and O–H groups in total. The zero-order valence-corrected chi connectivity index (χ0v) is 10.9. The van der Waals surface area contributed by atoms with Crippen LogP contribution in [0.4, 0.5) is 0 Å². The average molecular weight is 252 g/mol. The Balaban J connectivity index is 1.88. The Kier molecular flexibility index (Phi) is 4.33. The number of amides is 1. The highest BCUT2D eigenvalue weighted by Crippen LogP contribution is 2.08. The van der Waals surface area contributed by atoms with E-state index in [4.69, 9.17) is 4.74 Å². The van der Waals surface area contributed by atoms with Gasteiger partial charge in [0.2, 0.25) is 5.91 Å². The van der Waals surface area contributed by atoms with E-state index in [2.05, 4.69) is 10.4 Å². The van der Waals surface area contributed by atoms with Crippen LogP contribution in [0.1, 0.15) is 5.56 Å². The summed E-state index contributed by atoms with van der Waals surface area (Å²) in [7, 11) is 1.78. The molecule has 1 unspecified atom stereocenters. The van der Waals surface area contributed by atoms with E-state index >= 15 is 0 Å². The molecule has 6 heteroatoms. The van der Waals surface area contributed by atoms with Crippen molar-refractivity contribution in [2.45, 2.75) is 19.6 Å². The van der Waals surface area contributed by atoms with Gasteiger partial charge in [-0.05, 0) is 19.5 Å². The summed E-state index contributed by atoms with van der Waals surface area (Å²) in [6.07, 6.45) is 3.84. The average Bonchev–Trinajstić information content (AvgIpc) is 2.75. The lowest BCUT2D eigenvalue weighted by Crippen LogP contribution is -2.49. The third kappa shape index (κ3) is 3.30. The van der Waals surface area contributed by atoms with Crippen LogP contribution >= 0.6 is 0 Å². The molecule has 0 aromatic carbocycles. The first-order chi connectivity index (χ1) is 8.69. The van der Waals surface area contributed by atoms with Gasteiger partial charge in [-0.2, -0.15) is 5.10 Å². The monoisotopic (exact) mass is 252 g/mol. The zero-order chi connectivity index (χ0) is 13.0. The van der Waals surface area contributed by atoms with E-state index in [0.29, 0.717) is 32.8 Å². The molecule has 1 aliphatic rings. The van der Waals surface area contributed by atoms with Crippen molar-refractivity contribution in [1.29, 1.82) is 0 Å². The second-order valence-electron chi connectivity index (χ2n) is 4.60. The summed E-state index contributed by atoms with van der Waals surface area (Å²) in [4.78, 5) is 13.6. The standard InChI is InChI=1S/C12H20N4O2/c1-10-5-14-16(7-10)9-11-8-15(3-4-18-11)12(17)6-13-2/h5,7,11,13H,3-4,6,8-9H2,1-2H3. The Morgan fingerprint density at radius 3 is 3.17 bits per heavy atom. The lowest BCUT2D eigenvalue weighted by Gasteiger charge is -2.33. The Labute approximate surface area is 107 Å². The predicted molar refractivity (Wildman–Crippen MR) is 67.2 cm³/mol. The molecule has 2 heterocycles. The number of carbonyl (C=O) groups excluding carboxylic acids is 1. The van der Waals surface area contributed by atoms with Crippen molar-refractivity contribution < 1.29 is 9.53 Å². The summed E-state index contributed by atoms with van der Waals surface area (Å²) in [6.45, 7) is 4.99. The van der Waals surface area contributed by atoms with E-state index in [1.54, 1.807) is 7.05 Å². The van der Waals surface area contributed by atoms with Crippen LogP contribution in [0.25, 0.3) is 0 Å². The van der Waals surface area contributed by atoms with Crippen LogP contribution in [-0.4, -0.2) is 60.0 Å². The highest BCUT2D eigenvalue weighted by atomic mass is 16.5. The van der Waals surface area contributed by atoms with E-state index in [9.17, 15) is 4.79 Å². The van der Waals surface area contributed by atoms with Gasteiger partial charge in [0.25, 0.3) is 0 Å². The zero-order valence-electron chi connectivity index (χ0n) is 10.9. The number of nitrogens with zero attached hydrogens (tertiary/aromatic N) is 3. The van der Waals surface area contributed by atoms with Gasteiger partial charge >= 0.3 is 0 Å². The number of rotatable bonds is 4. The molecule has 18 heavy (non-hydrogen) atoms. The van der Waals surface area contributed by atoms with Crippen LogP contribution in [-0.2, 0) is 16.1 Å². The van der Waals surface area contributed by atoms with Crippen molar-refractivity contribution in [2.75, 3.05) is 33.3 Å². The Hall–Kier alpha value is -1.40. The molecule has 2 rings (SSSR count). The fourth-order valence-corrected chi connectivity index (χ4v) is 2.09. The second-order valence-corrected chi connectivity index (χ2v) is 4.60. The molecule has 100 valence electrons. The number of aromatic nitrogens is 2. The minimum atomic E-state index is 0.0267. The van der Waals surface area contributed by atoms with Crippen molar-refractivity contribution in [3.63, 3.8) is 0 Å². The second kappa shape index (κ2) is 5.97. The molecule has 1 aromatic heterocycles. The normalized spacial score (nSPS) is 20.1. The van der Waals surface area contributed by atoms with Crippen molar-refractivity contribution in [3.05, 3.63) is 18.0 Å². The number of nitrogens with one attached hydrogen (secondary N) is 1. The largest absolute Gasteiger partial charge is 0.373 e. The smallest absolute Gasteiger partial charge is 0.236 e. The van der Waals surface area contributed by atoms with Crippen LogP contribution in [0.5, 0.6) is 0 Å². The molecule has 1 atom stereocenters. The van der Waals surface area contributed by atoms with Gasteiger partial charge < -0.3 is 15.0 Å². The van der Waals surface area contributed by atoms with Crippen LogP contribution in [0, 0.1) is 6.92 Å². The van der Waals surface area contributed by atoms with Crippen LogP contribution in [0.3, 0.4) is 0 Å². The Morgan fingerprint density at radius 1 is 1.67 bits per heavy atom. The maximum absolute atomic E-state index is 11.8. The van der Waals surface area contributed by atoms with E-state index in [0.717, 1.165) is 5.56 Å². The summed E-state index contributed by atoms with van der Waals surface area (Å²) < 4.78 is 7.54. The number of hydrogen-bond acceptors (Lipinski definition) is 4. The van der Waals surface area contributed by atoms with Gasteiger partial charge in [0.15, 0.2) is 0 Å². The van der Waals surface area contributed by atoms with Gasteiger partial charge in [0.05, 0.1) is 32.0 Å². The summed E-state index contributed by atoms with van der Waals surface area (Å²) in [6, 6.07) is 0. The van der Waals surface area contributed by atoms with E-state index in [1.165, 1.54) is 0 Å². The summed E-state index contributed by atoms with van der Waals surface area (Å²) >= 11 is 0. The lowest BCUT2D eigenvalue weighted by molar-refractivity contribution is -0.138. The molecule has 0 spiro atoms. The van der Waals surface area contributed by atoms with Crippen LogP contribution < -0.4 is 5.32 Å². The first-order valence-electron chi connectivity index (χ1n) is 6.22. The quantitative estimate of drug-likeness (QED) is 0.795. The molecule has 1 saturated heterocycles. The third-order valence-electron chi connectivity index (χ3n) is 2.97. The van der Waals surface area contributed by atoms with Crippen molar-refractivity contribution in [2.24, 2.45) is 0 Å². The van der Waals surface area contributed by atoms with Crippen LogP contribution in [0.2, 0.25) is 0 Å². The SMILES string of the molecule is CNCC(=O)N1CCOC(Cn2cc(C)cn2)C1.